The van der Waals surface area contributed by atoms with Gasteiger partial charge in [-0.25, -0.2) is 0 Å². The maximum atomic E-state index is 11.7. The normalized spacial score (nSPS) is 14.4. The first-order chi connectivity index (χ1) is 7.29. The Kier molecular flexibility index (Phi) is 5.28. The lowest BCUT2D eigenvalue weighted by Gasteiger charge is -2.17. The van der Waals surface area contributed by atoms with Crippen molar-refractivity contribution < 1.29 is 4.55 Å². The summed E-state index contributed by atoms with van der Waals surface area (Å²) in [5.74, 6) is 0. The molecule has 1 aromatic carbocycles. The number of benzene rings is 1. The van der Waals surface area contributed by atoms with Crippen LogP contribution in [-0.4, -0.2) is 15.5 Å². The van der Waals surface area contributed by atoms with E-state index in [0.29, 0.717) is 0 Å². The van der Waals surface area contributed by atoms with Crippen LogP contribution in [0.25, 0.3) is 0 Å². The van der Waals surface area contributed by atoms with Crippen LogP contribution in [0.5, 0.6) is 0 Å². The van der Waals surface area contributed by atoms with Crippen molar-refractivity contribution >= 4 is 56.1 Å². The molecule has 0 fully saturated rings. The summed E-state index contributed by atoms with van der Waals surface area (Å²) in [7, 11) is 0. The quantitative estimate of drug-likeness (QED) is 0.411. The molecule has 88 valence electrons. The second-order valence-corrected chi connectivity index (χ2v) is 8.39. The number of hydrogen-bond donors (Lipinski definition) is 0. The predicted molar refractivity (Wildman–Crippen MR) is 82.3 cm³/mol. The fraction of sp³-hybridized carbons (Fsp3) is 0.364. The first-order valence-electron chi connectivity index (χ1n) is 4.71. The SMILES string of the molecule is CC(C)(C)[S+]([O-])/N=C/c1cc(Br)cc(I)c1. The number of rotatable bonds is 2. The minimum atomic E-state index is -1.20. The fourth-order valence-electron chi connectivity index (χ4n) is 0.917. The molecule has 0 aliphatic rings. The van der Waals surface area contributed by atoms with Crippen LogP contribution in [0.3, 0.4) is 0 Å². The standard InChI is InChI=1S/C11H13BrINOS/c1-11(2,3)16(15)14-7-8-4-9(12)6-10(13)5-8/h4-7H,1-3H3/b14-7+. The van der Waals surface area contributed by atoms with Crippen molar-refractivity contribution in [2.75, 3.05) is 0 Å². The van der Waals surface area contributed by atoms with Crippen LogP contribution in [0.2, 0.25) is 0 Å². The molecule has 1 aromatic rings. The number of nitrogens with zero attached hydrogens (tertiary/aromatic N) is 1. The van der Waals surface area contributed by atoms with E-state index in [1.54, 1.807) is 6.21 Å². The fourth-order valence-corrected chi connectivity index (χ4v) is 3.08. The summed E-state index contributed by atoms with van der Waals surface area (Å²) in [6.07, 6.45) is 1.66. The summed E-state index contributed by atoms with van der Waals surface area (Å²) < 4.78 is 17.6. The van der Waals surface area contributed by atoms with Gasteiger partial charge in [0.1, 0.15) is 16.1 Å². The smallest absolute Gasteiger partial charge is 0.144 e. The third kappa shape index (κ3) is 4.73. The average Bonchev–Trinajstić information content (AvgIpc) is 2.11. The van der Waals surface area contributed by atoms with Gasteiger partial charge in [0, 0.05) is 8.04 Å². The molecule has 0 aliphatic heterocycles. The van der Waals surface area contributed by atoms with Crippen LogP contribution in [-0.2, 0) is 11.4 Å². The molecule has 0 bridgehead atoms. The Morgan fingerprint density at radius 1 is 1.38 bits per heavy atom. The van der Waals surface area contributed by atoms with Gasteiger partial charge < -0.3 is 4.55 Å². The highest BCUT2D eigenvalue weighted by Crippen LogP contribution is 2.19. The van der Waals surface area contributed by atoms with Crippen molar-refractivity contribution in [2.45, 2.75) is 25.5 Å². The van der Waals surface area contributed by atoms with Crippen molar-refractivity contribution in [1.29, 1.82) is 0 Å². The minimum Gasteiger partial charge on any atom is -0.591 e. The largest absolute Gasteiger partial charge is 0.591 e. The summed E-state index contributed by atoms with van der Waals surface area (Å²) in [5.41, 5.74) is 0.955. The van der Waals surface area contributed by atoms with Gasteiger partial charge in [0.25, 0.3) is 0 Å². The molecular formula is C11H13BrINOS. The molecule has 2 nitrogen and oxygen atoms in total. The zero-order chi connectivity index (χ0) is 12.3. The molecule has 1 unspecified atom stereocenters. The van der Waals surface area contributed by atoms with Gasteiger partial charge in [0.2, 0.25) is 0 Å². The molecule has 0 saturated heterocycles. The van der Waals surface area contributed by atoms with Crippen LogP contribution in [0.1, 0.15) is 26.3 Å². The van der Waals surface area contributed by atoms with E-state index in [2.05, 4.69) is 42.9 Å². The summed E-state index contributed by atoms with van der Waals surface area (Å²) in [6, 6.07) is 5.96. The van der Waals surface area contributed by atoms with Crippen LogP contribution in [0.15, 0.2) is 27.1 Å². The predicted octanol–water partition coefficient (Wildman–Crippen LogP) is 3.93. The molecule has 0 aromatic heterocycles. The lowest BCUT2D eigenvalue weighted by molar-refractivity contribution is 0.562. The van der Waals surface area contributed by atoms with Crippen molar-refractivity contribution in [3.63, 3.8) is 0 Å². The van der Waals surface area contributed by atoms with Crippen LogP contribution >= 0.6 is 38.5 Å². The van der Waals surface area contributed by atoms with E-state index in [0.717, 1.165) is 13.6 Å². The van der Waals surface area contributed by atoms with E-state index in [-0.39, 0.29) is 4.75 Å². The Balaban J connectivity index is 2.84. The Labute approximate surface area is 122 Å². The lowest BCUT2D eigenvalue weighted by Crippen LogP contribution is -2.25. The monoisotopic (exact) mass is 413 g/mol. The van der Waals surface area contributed by atoms with Crippen molar-refractivity contribution in [1.82, 2.24) is 0 Å². The Morgan fingerprint density at radius 2 is 2.00 bits per heavy atom. The van der Waals surface area contributed by atoms with Gasteiger partial charge in [-0.15, -0.1) is 0 Å². The molecule has 1 atom stereocenters. The molecule has 5 heteroatoms. The van der Waals surface area contributed by atoms with E-state index >= 15 is 0 Å². The van der Waals surface area contributed by atoms with E-state index in [1.165, 1.54) is 0 Å². The minimum absolute atomic E-state index is 0.310. The Hall–Kier alpha value is 0.410. The van der Waals surface area contributed by atoms with Gasteiger partial charge in [-0.2, -0.15) is 0 Å². The van der Waals surface area contributed by atoms with Gasteiger partial charge in [-0.1, -0.05) is 20.3 Å². The molecule has 0 N–H and O–H groups in total. The zero-order valence-corrected chi connectivity index (χ0v) is 13.9. The maximum Gasteiger partial charge on any atom is 0.144 e. The van der Waals surface area contributed by atoms with Gasteiger partial charge in [-0.3, -0.25) is 0 Å². The van der Waals surface area contributed by atoms with Crippen LogP contribution in [0, 0.1) is 3.57 Å². The van der Waals surface area contributed by atoms with Crippen LogP contribution < -0.4 is 0 Å². The lowest BCUT2D eigenvalue weighted by atomic mass is 10.2. The van der Waals surface area contributed by atoms with Crippen LogP contribution in [0.4, 0.5) is 0 Å². The highest BCUT2D eigenvalue weighted by molar-refractivity contribution is 14.1. The van der Waals surface area contributed by atoms with E-state index < -0.39 is 11.4 Å². The highest BCUT2D eigenvalue weighted by atomic mass is 127. The highest BCUT2D eigenvalue weighted by Gasteiger charge is 2.25. The third-order valence-corrected chi connectivity index (χ3v) is 4.13. The summed E-state index contributed by atoms with van der Waals surface area (Å²) >= 11 is 4.45. The molecular weight excluding hydrogens is 401 g/mol. The molecule has 0 amide bonds. The van der Waals surface area contributed by atoms with Gasteiger partial charge in [0.15, 0.2) is 0 Å². The second-order valence-electron chi connectivity index (χ2n) is 4.30. The van der Waals surface area contributed by atoms with Crippen molar-refractivity contribution in [2.24, 2.45) is 4.40 Å². The Bertz CT molecular complexity index is 383. The Morgan fingerprint density at radius 3 is 2.50 bits per heavy atom. The van der Waals surface area contributed by atoms with E-state index in [1.807, 2.05) is 39.0 Å². The molecule has 0 spiro atoms. The topological polar surface area (TPSA) is 35.4 Å². The van der Waals surface area contributed by atoms with Gasteiger partial charge in [0.05, 0.1) is 6.21 Å². The van der Waals surface area contributed by atoms with E-state index in [4.69, 9.17) is 0 Å². The van der Waals surface area contributed by atoms with Gasteiger partial charge in [-0.05, 0) is 67.1 Å². The second kappa shape index (κ2) is 5.84. The summed E-state index contributed by atoms with van der Waals surface area (Å²) in [6.45, 7) is 5.72. The number of hydrogen-bond acceptors (Lipinski definition) is 2. The number of halogens is 2. The van der Waals surface area contributed by atoms with Gasteiger partial charge >= 0.3 is 0 Å². The van der Waals surface area contributed by atoms with Crippen molar-refractivity contribution in [3.05, 3.63) is 31.8 Å². The summed E-state index contributed by atoms with van der Waals surface area (Å²) in [4.78, 5) is 0. The third-order valence-electron chi connectivity index (χ3n) is 1.71. The molecule has 0 heterocycles. The molecule has 0 aliphatic carbocycles. The first kappa shape index (κ1) is 14.5. The zero-order valence-electron chi connectivity index (χ0n) is 9.33. The maximum absolute atomic E-state index is 11.7. The molecule has 0 saturated carbocycles. The average molecular weight is 414 g/mol. The first-order valence-corrected chi connectivity index (χ1v) is 7.69. The van der Waals surface area contributed by atoms with E-state index in [9.17, 15) is 4.55 Å². The molecule has 0 radical (unpaired) electrons. The summed E-state index contributed by atoms with van der Waals surface area (Å²) in [5, 5.41) is 0. The molecule has 1 rings (SSSR count). The molecule has 16 heavy (non-hydrogen) atoms. The van der Waals surface area contributed by atoms with Crippen molar-refractivity contribution in [3.8, 4) is 0 Å².